The van der Waals surface area contributed by atoms with Gasteiger partial charge in [0.25, 0.3) is 0 Å². The van der Waals surface area contributed by atoms with E-state index in [-0.39, 0.29) is 5.69 Å². The topological polar surface area (TPSA) is 118 Å². The highest BCUT2D eigenvalue weighted by molar-refractivity contribution is 7.92. The summed E-state index contributed by atoms with van der Waals surface area (Å²) in [6, 6.07) is 7.89. The number of sulfone groups is 1. The van der Waals surface area contributed by atoms with Gasteiger partial charge in [-0.25, -0.2) is 17.9 Å². The van der Waals surface area contributed by atoms with Crippen LogP contribution in [0.1, 0.15) is 24.3 Å². The van der Waals surface area contributed by atoms with Crippen molar-refractivity contribution in [3.05, 3.63) is 42.2 Å². The molecule has 0 unspecified atom stereocenters. The highest BCUT2D eigenvalue weighted by Gasteiger charge is 2.21. The van der Waals surface area contributed by atoms with Crippen LogP contribution >= 0.6 is 0 Å². The number of aromatic carboxylic acids is 1. The lowest BCUT2D eigenvalue weighted by atomic mass is 10.2. The van der Waals surface area contributed by atoms with Crippen LogP contribution < -0.4 is 5.32 Å². The number of carboxylic acids is 1. The molecule has 0 aliphatic rings. The van der Waals surface area contributed by atoms with Crippen molar-refractivity contribution in [2.75, 3.05) is 11.1 Å². The predicted octanol–water partition coefficient (Wildman–Crippen LogP) is 1.33. The van der Waals surface area contributed by atoms with Crippen LogP contribution in [0.5, 0.6) is 0 Å². The Morgan fingerprint density at radius 1 is 1.25 bits per heavy atom. The molecule has 1 aromatic carbocycles. The largest absolute Gasteiger partial charge is 0.476 e. The molecule has 0 radical (unpaired) electrons. The molecule has 2 rings (SSSR count). The van der Waals surface area contributed by atoms with E-state index in [1.54, 1.807) is 24.3 Å². The smallest absolute Gasteiger partial charge is 0.356 e. The molecule has 9 heteroatoms. The third-order valence-electron chi connectivity index (χ3n) is 3.28. The van der Waals surface area contributed by atoms with E-state index in [1.165, 1.54) is 30.8 Å². The van der Waals surface area contributed by atoms with E-state index in [4.69, 9.17) is 5.11 Å². The van der Waals surface area contributed by atoms with Crippen LogP contribution in [-0.4, -0.2) is 46.2 Å². The van der Waals surface area contributed by atoms with Crippen molar-refractivity contribution in [2.45, 2.75) is 19.1 Å². The van der Waals surface area contributed by atoms with Crippen LogP contribution in [0.25, 0.3) is 5.69 Å². The molecule has 0 aliphatic carbocycles. The number of carbonyl (C=O) groups excluding carboxylic acids is 1. The quantitative estimate of drug-likeness (QED) is 0.810. The molecule has 0 saturated carbocycles. The van der Waals surface area contributed by atoms with Crippen molar-refractivity contribution < 1.29 is 23.1 Å². The lowest BCUT2D eigenvalue weighted by Gasteiger charge is -2.12. The molecule has 8 nitrogen and oxygen atoms in total. The average Bonchev–Trinajstić information content (AvgIpc) is 2.96. The molecule has 0 fully saturated rings. The van der Waals surface area contributed by atoms with Crippen molar-refractivity contribution in [1.82, 2.24) is 9.78 Å². The summed E-state index contributed by atoms with van der Waals surface area (Å²) in [5.74, 6) is -2.46. The van der Waals surface area contributed by atoms with Gasteiger partial charge in [0.15, 0.2) is 15.5 Å². The van der Waals surface area contributed by atoms with E-state index >= 15 is 0 Å². The summed E-state index contributed by atoms with van der Waals surface area (Å²) in [4.78, 5) is 22.9. The fourth-order valence-corrected chi connectivity index (χ4v) is 2.66. The molecular weight excluding hydrogens is 334 g/mol. The number of rotatable bonds is 6. The maximum absolute atomic E-state index is 12.0. The Labute approximate surface area is 139 Å². The predicted molar refractivity (Wildman–Crippen MR) is 88.1 cm³/mol. The Bertz CT molecular complexity index is 871. The third-order valence-corrected chi connectivity index (χ3v) is 5.38. The maximum Gasteiger partial charge on any atom is 0.356 e. The van der Waals surface area contributed by atoms with Crippen LogP contribution in [0.2, 0.25) is 0 Å². The molecule has 0 bridgehead atoms. The second-order valence-electron chi connectivity index (χ2n) is 5.37. The van der Waals surface area contributed by atoms with E-state index in [0.717, 1.165) is 0 Å². The first-order chi connectivity index (χ1) is 11.2. The molecule has 0 spiro atoms. The fourth-order valence-electron chi connectivity index (χ4n) is 1.89. The number of anilines is 1. The minimum absolute atomic E-state index is 0.140. The molecule has 2 N–H and O–H groups in total. The molecule has 1 aromatic heterocycles. The number of para-hydroxylation sites is 2. The van der Waals surface area contributed by atoms with Gasteiger partial charge in [-0.2, -0.15) is 5.10 Å². The summed E-state index contributed by atoms with van der Waals surface area (Å²) in [5.41, 5.74) is 0.625. The SMILES string of the molecule is CC(C)S(=O)(=O)CC(=O)Nc1ccccc1-n1ccc(C(=O)O)n1. The van der Waals surface area contributed by atoms with Crippen LogP contribution in [0, 0.1) is 0 Å². The molecular formula is C15H17N3O5S. The van der Waals surface area contributed by atoms with Gasteiger partial charge >= 0.3 is 5.97 Å². The van der Waals surface area contributed by atoms with Crippen molar-refractivity contribution in [2.24, 2.45) is 0 Å². The van der Waals surface area contributed by atoms with Crippen molar-refractivity contribution in [3.63, 3.8) is 0 Å². The van der Waals surface area contributed by atoms with E-state index in [0.29, 0.717) is 11.4 Å². The highest BCUT2D eigenvalue weighted by atomic mass is 32.2. The zero-order valence-corrected chi connectivity index (χ0v) is 13.9. The molecule has 0 atom stereocenters. The molecule has 1 amide bonds. The summed E-state index contributed by atoms with van der Waals surface area (Å²) < 4.78 is 24.9. The second-order valence-corrected chi connectivity index (χ2v) is 7.93. The zero-order chi connectivity index (χ0) is 17.9. The lowest BCUT2D eigenvalue weighted by Crippen LogP contribution is -2.28. The summed E-state index contributed by atoms with van der Waals surface area (Å²) in [6.07, 6.45) is 1.44. The monoisotopic (exact) mass is 351 g/mol. The minimum atomic E-state index is -3.51. The number of nitrogens with zero attached hydrogens (tertiary/aromatic N) is 2. The van der Waals surface area contributed by atoms with Gasteiger partial charge in [-0.05, 0) is 32.0 Å². The zero-order valence-electron chi connectivity index (χ0n) is 13.1. The summed E-state index contributed by atoms with van der Waals surface area (Å²) in [6.45, 7) is 3.02. The Balaban J connectivity index is 2.26. The van der Waals surface area contributed by atoms with Gasteiger partial charge < -0.3 is 10.4 Å². The normalized spacial score (nSPS) is 11.5. The number of carboxylic acid groups (broad SMARTS) is 1. The van der Waals surface area contributed by atoms with Crippen LogP contribution in [0.4, 0.5) is 5.69 Å². The third kappa shape index (κ3) is 3.99. The van der Waals surface area contributed by atoms with Gasteiger partial charge in [0.05, 0.1) is 16.6 Å². The van der Waals surface area contributed by atoms with E-state index < -0.39 is 32.7 Å². The maximum atomic E-state index is 12.0. The van der Waals surface area contributed by atoms with E-state index in [2.05, 4.69) is 10.4 Å². The molecule has 128 valence electrons. The first-order valence-corrected chi connectivity index (χ1v) is 8.82. The van der Waals surface area contributed by atoms with Gasteiger partial charge in [-0.3, -0.25) is 4.79 Å². The minimum Gasteiger partial charge on any atom is -0.476 e. The van der Waals surface area contributed by atoms with Gasteiger partial charge in [-0.15, -0.1) is 0 Å². The second kappa shape index (κ2) is 6.83. The van der Waals surface area contributed by atoms with Crippen LogP contribution in [-0.2, 0) is 14.6 Å². The molecule has 1 heterocycles. The lowest BCUT2D eigenvalue weighted by molar-refractivity contribution is -0.113. The van der Waals surface area contributed by atoms with Gasteiger partial charge in [0.1, 0.15) is 5.75 Å². The number of amides is 1. The van der Waals surface area contributed by atoms with E-state index in [9.17, 15) is 18.0 Å². The number of carbonyl (C=O) groups is 2. The standard InChI is InChI=1S/C15H17N3O5S/c1-10(2)24(22,23)9-14(19)16-11-5-3-4-6-13(11)18-8-7-12(17-18)15(20)21/h3-8,10H,9H2,1-2H3,(H,16,19)(H,20,21). The molecule has 24 heavy (non-hydrogen) atoms. The Kier molecular flexibility index (Phi) is 5.03. The number of hydrogen-bond acceptors (Lipinski definition) is 5. The average molecular weight is 351 g/mol. The van der Waals surface area contributed by atoms with Crippen molar-refractivity contribution >= 4 is 27.4 Å². The van der Waals surface area contributed by atoms with Crippen LogP contribution in [0.3, 0.4) is 0 Å². The summed E-state index contributed by atoms with van der Waals surface area (Å²) in [5, 5.41) is 14.7. The van der Waals surface area contributed by atoms with E-state index in [1.807, 2.05) is 0 Å². The van der Waals surface area contributed by atoms with Crippen molar-refractivity contribution in [1.29, 1.82) is 0 Å². The number of benzene rings is 1. The first kappa shape index (κ1) is 17.7. The molecule has 2 aromatic rings. The van der Waals surface area contributed by atoms with Crippen LogP contribution in [0.15, 0.2) is 36.5 Å². The fraction of sp³-hybridized carbons (Fsp3) is 0.267. The Morgan fingerprint density at radius 2 is 1.92 bits per heavy atom. The Hall–Kier alpha value is -2.68. The van der Waals surface area contributed by atoms with Gasteiger partial charge in [0, 0.05) is 6.20 Å². The molecule has 0 aliphatic heterocycles. The first-order valence-electron chi connectivity index (χ1n) is 7.10. The van der Waals surface area contributed by atoms with Crippen molar-refractivity contribution in [3.8, 4) is 5.69 Å². The van der Waals surface area contributed by atoms with Gasteiger partial charge in [0.2, 0.25) is 5.91 Å². The highest BCUT2D eigenvalue weighted by Crippen LogP contribution is 2.20. The number of nitrogens with one attached hydrogen (secondary N) is 1. The number of hydrogen-bond donors (Lipinski definition) is 2. The number of aromatic nitrogens is 2. The Morgan fingerprint density at radius 3 is 2.50 bits per heavy atom. The van der Waals surface area contributed by atoms with Gasteiger partial charge in [-0.1, -0.05) is 12.1 Å². The summed E-state index contributed by atoms with van der Waals surface area (Å²) in [7, 11) is -3.51. The molecule has 0 saturated heterocycles. The summed E-state index contributed by atoms with van der Waals surface area (Å²) >= 11 is 0.